The van der Waals surface area contributed by atoms with Gasteiger partial charge in [-0.25, -0.2) is 0 Å². The quantitative estimate of drug-likeness (QED) is 0.676. The lowest BCUT2D eigenvalue weighted by molar-refractivity contribution is 0.0997. The number of nitrogens with one attached hydrogen (secondary N) is 1. The molecule has 27 heavy (non-hydrogen) atoms. The molecule has 138 valence electrons. The second-order valence-corrected chi connectivity index (χ2v) is 7.16. The molecule has 2 heterocycles. The number of hydrogen-bond donors (Lipinski definition) is 1. The molecule has 1 fully saturated rings. The summed E-state index contributed by atoms with van der Waals surface area (Å²) in [6, 6.07) is 17.7. The smallest absolute Gasteiger partial charge is 0.291 e. The normalized spacial score (nSPS) is 13.8. The predicted octanol–water partition coefficient (Wildman–Crippen LogP) is 5.42. The maximum atomic E-state index is 12.5. The summed E-state index contributed by atoms with van der Waals surface area (Å²) in [4.78, 5) is 14.9. The maximum absolute atomic E-state index is 12.5. The van der Waals surface area contributed by atoms with Gasteiger partial charge < -0.3 is 14.6 Å². The summed E-state index contributed by atoms with van der Waals surface area (Å²) in [7, 11) is 0. The molecule has 2 aromatic carbocycles. The van der Waals surface area contributed by atoms with Crippen LogP contribution < -0.4 is 10.2 Å². The van der Waals surface area contributed by atoms with Crippen LogP contribution in [-0.4, -0.2) is 19.0 Å². The molecule has 1 aliphatic rings. The van der Waals surface area contributed by atoms with Crippen molar-refractivity contribution in [3.05, 3.63) is 71.5 Å². The lowest BCUT2D eigenvalue weighted by Crippen LogP contribution is -2.17. The average Bonchev–Trinajstić information content (AvgIpc) is 3.36. The molecule has 1 amide bonds. The third-order valence-electron chi connectivity index (χ3n) is 5.22. The fourth-order valence-electron chi connectivity index (χ4n) is 3.43. The summed E-state index contributed by atoms with van der Waals surface area (Å²) < 4.78 is 5.78. The van der Waals surface area contributed by atoms with Crippen molar-refractivity contribution in [2.75, 3.05) is 23.3 Å². The molecule has 4 rings (SSSR count). The van der Waals surface area contributed by atoms with E-state index < -0.39 is 0 Å². The van der Waals surface area contributed by atoms with Crippen LogP contribution in [-0.2, 0) is 0 Å². The summed E-state index contributed by atoms with van der Waals surface area (Å²) in [5.74, 6) is 0.776. The summed E-state index contributed by atoms with van der Waals surface area (Å²) >= 11 is 0. The minimum Gasteiger partial charge on any atom is -0.451 e. The van der Waals surface area contributed by atoms with E-state index in [0.717, 1.165) is 24.3 Å². The molecule has 0 saturated carbocycles. The monoisotopic (exact) mass is 360 g/mol. The van der Waals surface area contributed by atoms with Gasteiger partial charge in [-0.1, -0.05) is 12.1 Å². The van der Waals surface area contributed by atoms with E-state index in [1.54, 1.807) is 6.07 Å². The SMILES string of the molecule is Cc1ccc(-c2ccc(C(=O)Nc3ccc(N4CCCC4)cc3)o2)cc1C. The number of carbonyl (C=O) groups excluding carboxylic acids is 1. The molecule has 0 spiro atoms. The Morgan fingerprint density at radius 2 is 1.67 bits per heavy atom. The van der Waals surface area contributed by atoms with Gasteiger partial charge in [0, 0.05) is 30.0 Å². The van der Waals surface area contributed by atoms with E-state index in [1.165, 1.54) is 29.7 Å². The highest BCUT2D eigenvalue weighted by atomic mass is 16.3. The van der Waals surface area contributed by atoms with E-state index in [0.29, 0.717) is 11.5 Å². The van der Waals surface area contributed by atoms with Crippen molar-refractivity contribution in [3.63, 3.8) is 0 Å². The van der Waals surface area contributed by atoms with Crippen molar-refractivity contribution in [3.8, 4) is 11.3 Å². The highest BCUT2D eigenvalue weighted by molar-refractivity contribution is 6.02. The zero-order valence-electron chi connectivity index (χ0n) is 15.8. The van der Waals surface area contributed by atoms with Gasteiger partial charge in [-0.05, 0) is 80.3 Å². The minimum absolute atomic E-state index is 0.237. The van der Waals surface area contributed by atoms with Gasteiger partial charge in [0.05, 0.1) is 0 Å². The first-order valence-corrected chi connectivity index (χ1v) is 9.44. The summed E-state index contributed by atoms with van der Waals surface area (Å²) in [6.07, 6.45) is 2.50. The molecule has 1 aromatic heterocycles. The second-order valence-electron chi connectivity index (χ2n) is 7.16. The van der Waals surface area contributed by atoms with Crippen molar-refractivity contribution in [1.82, 2.24) is 0 Å². The Labute approximate surface area is 159 Å². The third-order valence-corrected chi connectivity index (χ3v) is 5.22. The van der Waals surface area contributed by atoms with Crippen molar-refractivity contribution in [2.45, 2.75) is 26.7 Å². The lowest BCUT2D eigenvalue weighted by atomic mass is 10.1. The van der Waals surface area contributed by atoms with Gasteiger partial charge in [-0.3, -0.25) is 4.79 Å². The van der Waals surface area contributed by atoms with Crippen LogP contribution in [0.1, 0.15) is 34.5 Å². The molecule has 0 unspecified atom stereocenters. The predicted molar refractivity (Wildman–Crippen MR) is 109 cm³/mol. The molecule has 4 nitrogen and oxygen atoms in total. The fraction of sp³-hybridized carbons (Fsp3) is 0.261. The Morgan fingerprint density at radius 1 is 0.926 bits per heavy atom. The zero-order valence-corrected chi connectivity index (χ0v) is 15.8. The fourth-order valence-corrected chi connectivity index (χ4v) is 3.43. The van der Waals surface area contributed by atoms with Crippen LogP contribution in [0.5, 0.6) is 0 Å². The Hall–Kier alpha value is -3.01. The van der Waals surface area contributed by atoms with E-state index in [-0.39, 0.29) is 5.91 Å². The number of benzene rings is 2. The molecule has 0 aliphatic carbocycles. The van der Waals surface area contributed by atoms with E-state index in [2.05, 4.69) is 48.3 Å². The highest BCUT2D eigenvalue weighted by Crippen LogP contribution is 2.26. The van der Waals surface area contributed by atoms with Gasteiger partial charge in [-0.15, -0.1) is 0 Å². The number of furan rings is 1. The Balaban J connectivity index is 1.45. The van der Waals surface area contributed by atoms with Crippen LogP contribution >= 0.6 is 0 Å². The topological polar surface area (TPSA) is 45.5 Å². The molecule has 0 bridgehead atoms. The van der Waals surface area contributed by atoms with Crippen molar-refractivity contribution in [1.29, 1.82) is 0 Å². The molecular formula is C23H24N2O2. The van der Waals surface area contributed by atoms with Gasteiger partial charge in [0.2, 0.25) is 0 Å². The van der Waals surface area contributed by atoms with Crippen molar-refractivity contribution in [2.24, 2.45) is 0 Å². The van der Waals surface area contributed by atoms with Gasteiger partial charge in [0.1, 0.15) is 5.76 Å². The Kier molecular flexibility index (Phi) is 4.71. The van der Waals surface area contributed by atoms with Gasteiger partial charge in [0.15, 0.2) is 5.76 Å². The van der Waals surface area contributed by atoms with Crippen LogP contribution in [0.4, 0.5) is 11.4 Å². The minimum atomic E-state index is -0.237. The third kappa shape index (κ3) is 3.75. The molecular weight excluding hydrogens is 336 g/mol. The second kappa shape index (κ2) is 7.31. The average molecular weight is 360 g/mol. The molecule has 3 aromatic rings. The summed E-state index contributed by atoms with van der Waals surface area (Å²) in [5.41, 5.74) is 5.40. The number of carbonyl (C=O) groups is 1. The number of amides is 1. The molecule has 1 saturated heterocycles. The van der Waals surface area contributed by atoms with Crippen LogP contribution in [0.3, 0.4) is 0 Å². The van der Waals surface area contributed by atoms with Crippen LogP contribution in [0.15, 0.2) is 59.0 Å². The standard InChI is InChI=1S/C23H24N2O2/c1-16-5-6-18(15-17(16)2)21-11-12-22(27-21)23(26)24-19-7-9-20(10-8-19)25-13-3-4-14-25/h5-12,15H,3-4,13-14H2,1-2H3,(H,24,26). The lowest BCUT2D eigenvalue weighted by Gasteiger charge is -2.17. The Morgan fingerprint density at radius 3 is 2.37 bits per heavy atom. The Bertz CT molecular complexity index is 951. The van der Waals surface area contributed by atoms with E-state index in [1.807, 2.05) is 24.3 Å². The first-order chi connectivity index (χ1) is 13.1. The molecule has 1 N–H and O–H groups in total. The van der Waals surface area contributed by atoms with Crippen LogP contribution in [0, 0.1) is 13.8 Å². The number of rotatable bonds is 4. The molecule has 4 heteroatoms. The molecule has 0 radical (unpaired) electrons. The molecule has 0 atom stereocenters. The van der Waals surface area contributed by atoms with E-state index in [4.69, 9.17) is 4.42 Å². The number of anilines is 2. The number of aryl methyl sites for hydroxylation is 2. The number of nitrogens with zero attached hydrogens (tertiary/aromatic N) is 1. The molecule has 1 aliphatic heterocycles. The summed E-state index contributed by atoms with van der Waals surface area (Å²) in [6.45, 7) is 6.37. The van der Waals surface area contributed by atoms with Crippen molar-refractivity contribution < 1.29 is 9.21 Å². The first-order valence-electron chi connectivity index (χ1n) is 9.44. The van der Waals surface area contributed by atoms with Gasteiger partial charge in [-0.2, -0.15) is 0 Å². The largest absolute Gasteiger partial charge is 0.451 e. The summed E-state index contributed by atoms with van der Waals surface area (Å²) in [5, 5.41) is 2.91. The zero-order chi connectivity index (χ0) is 18.8. The van der Waals surface area contributed by atoms with Crippen molar-refractivity contribution >= 4 is 17.3 Å². The van der Waals surface area contributed by atoms with Crippen LogP contribution in [0.2, 0.25) is 0 Å². The van der Waals surface area contributed by atoms with E-state index in [9.17, 15) is 4.79 Å². The number of hydrogen-bond acceptors (Lipinski definition) is 3. The van der Waals surface area contributed by atoms with E-state index >= 15 is 0 Å². The van der Waals surface area contributed by atoms with Gasteiger partial charge in [0.25, 0.3) is 5.91 Å². The first kappa shape index (κ1) is 17.4. The van der Waals surface area contributed by atoms with Crippen LogP contribution in [0.25, 0.3) is 11.3 Å². The maximum Gasteiger partial charge on any atom is 0.291 e. The van der Waals surface area contributed by atoms with Gasteiger partial charge >= 0.3 is 0 Å². The highest BCUT2D eigenvalue weighted by Gasteiger charge is 2.14.